The van der Waals surface area contributed by atoms with E-state index >= 15 is 0 Å². The van der Waals surface area contributed by atoms with Gasteiger partial charge >= 0.3 is 0 Å². The number of morpholine rings is 1. The SMILES string of the molecule is CCN1C(=O)C2(/C(=C(/O)c3ccc(Cl)cc3)C(=O)C(=O)N2CCN2CCOCC2)c2ccccc21. The van der Waals surface area contributed by atoms with Gasteiger partial charge in [-0.25, -0.2) is 0 Å². The minimum Gasteiger partial charge on any atom is -0.507 e. The summed E-state index contributed by atoms with van der Waals surface area (Å²) in [5.41, 5.74) is -0.499. The molecule has 3 aliphatic rings. The maximum absolute atomic E-state index is 14.2. The molecule has 35 heavy (non-hydrogen) atoms. The number of likely N-dealkylation sites (N-methyl/N-ethyl adjacent to an activating group) is 1. The number of anilines is 1. The van der Waals surface area contributed by atoms with Crippen molar-refractivity contribution >= 4 is 40.6 Å². The molecular formula is C26H26ClN3O5. The van der Waals surface area contributed by atoms with E-state index in [2.05, 4.69) is 4.90 Å². The number of carbonyl (C=O) groups excluding carboxylic acids is 3. The number of nitrogens with zero attached hydrogens (tertiary/aromatic N) is 3. The van der Waals surface area contributed by atoms with Gasteiger partial charge in [-0.2, -0.15) is 0 Å². The Kier molecular flexibility index (Phi) is 6.13. The van der Waals surface area contributed by atoms with Crippen LogP contribution in [0.1, 0.15) is 18.1 Å². The highest BCUT2D eigenvalue weighted by molar-refractivity contribution is 6.50. The van der Waals surface area contributed by atoms with Crippen molar-refractivity contribution in [3.63, 3.8) is 0 Å². The first-order chi connectivity index (χ1) is 16.9. The number of rotatable bonds is 5. The van der Waals surface area contributed by atoms with Crippen molar-refractivity contribution in [3.8, 4) is 0 Å². The lowest BCUT2D eigenvalue weighted by atomic mass is 9.82. The highest BCUT2D eigenvalue weighted by Crippen LogP contribution is 2.53. The topological polar surface area (TPSA) is 90.4 Å². The van der Waals surface area contributed by atoms with E-state index in [9.17, 15) is 19.5 Å². The van der Waals surface area contributed by atoms with Crippen molar-refractivity contribution in [2.45, 2.75) is 12.5 Å². The number of aliphatic hydroxyl groups is 1. The number of carbonyl (C=O) groups is 3. The lowest BCUT2D eigenvalue weighted by Gasteiger charge is -2.36. The fourth-order valence-electron chi connectivity index (χ4n) is 5.30. The molecule has 0 bridgehead atoms. The van der Waals surface area contributed by atoms with Crippen LogP contribution in [0.4, 0.5) is 5.69 Å². The molecule has 5 rings (SSSR count). The molecule has 2 saturated heterocycles. The third-order valence-electron chi connectivity index (χ3n) is 6.99. The maximum Gasteiger partial charge on any atom is 0.296 e. The van der Waals surface area contributed by atoms with Crippen LogP contribution in [0.25, 0.3) is 5.76 Å². The molecular weight excluding hydrogens is 470 g/mol. The molecule has 182 valence electrons. The van der Waals surface area contributed by atoms with Crippen LogP contribution in [0, 0.1) is 0 Å². The van der Waals surface area contributed by atoms with Gasteiger partial charge < -0.3 is 19.6 Å². The Morgan fingerprint density at radius 2 is 1.71 bits per heavy atom. The van der Waals surface area contributed by atoms with E-state index in [1.54, 1.807) is 47.4 Å². The van der Waals surface area contributed by atoms with Crippen LogP contribution in [0.3, 0.4) is 0 Å². The Balaban J connectivity index is 1.70. The van der Waals surface area contributed by atoms with Crippen LogP contribution < -0.4 is 4.90 Å². The first-order valence-electron chi connectivity index (χ1n) is 11.7. The van der Waals surface area contributed by atoms with E-state index in [0.29, 0.717) is 61.2 Å². The van der Waals surface area contributed by atoms with Gasteiger partial charge in [0.05, 0.1) is 24.5 Å². The Labute approximate surface area is 208 Å². The number of ether oxygens (including phenoxy) is 1. The van der Waals surface area contributed by atoms with Crippen LogP contribution in [-0.2, 0) is 24.7 Å². The number of para-hydroxylation sites is 1. The number of aliphatic hydroxyl groups excluding tert-OH is 1. The summed E-state index contributed by atoms with van der Waals surface area (Å²) in [4.78, 5) is 46.2. The van der Waals surface area contributed by atoms with E-state index < -0.39 is 28.9 Å². The third-order valence-corrected chi connectivity index (χ3v) is 7.24. The second-order valence-corrected chi connectivity index (χ2v) is 9.18. The number of hydrogen-bond acceptors (Lipinski definition) is 6. The number of ketones is 1. The molecule has 3 heterocycles. The molecule has 1 unspecified atom stereocenters. The highest BCUT2D eigenvalue weighted by atomic mass is 35.5. The van der Waals surface area contributed by atoms with Crippen LogP contribution in [0.5, 0.6) is 0 Å². The van der Waals surface area contributed by atoms with Crippen molar-refractivity contribution in [1.29, 1.82) is 0 Å². The molecule has 2 aromatic carbocycles. The number of fused-ring (bicyclic) bond motifs is 2. The van der Waals surface area contributed by atoms with E-state index in [4.69, 9.17) is 16.3 Å². The van der Waals surface area contributed by atoms with Gasteiger partial charge in [0.1, 0.15) is 5.76 Å². The number of Topliss-reactive ketones (excluding diaryl/α,β-unsaturated/α-hetero) is 1. The van der Waals surface area contributed by atoms with Crippen LogP contribution in [0.15, 0.2) is 54.1 Å². The van der Waals surface area contributed by atoms with Crippen molar-refractivity contribution in [2.75, 3.05) is 50.8 Å². The van der Waals surface area contributed by atoms with Gasteiger partial charge in [-0.15, -0.1) is 0 Å². The molecule has 0 aliphatic carbocycles. The van der Waals surface area contributed by atoms with Crippen LogP contribution in [0.2, 0.25) is 5.02 Å². The molecule has 8 nitrogen and oxygen atoms in total. The lowest BCUT2D eigenvalue weighted by molar-refractivity contribution is -0.144. The van der Waals surface area contributed by atoms with Gasteiger partial charge in [-0.3, -0.25) is 19.3 Å². The molecule has 9 heteroatoms. The Morgan fingerprint density at radius 3 is 2.40 bits per heavy atom. The summed E-state index contributed by atoms with van der Waals surface area (Å²) in [5.74, 6) is -2.48. The van der Waals surface area contributed by atoms with Crippen molar-refractivity contribution < 1.29 is 24.2 Å². The van der Waals surface area contributed by atoms with E-state index in [1.807, 2.05) is 13.0 Å². The van der Waals surface area contributed by atoms with E-state index in [-0.39, 0.29) is 12.1 Å². The summed E-state index contributed by atoms with van der Waals surface area (Å²) in [5, 5.41) is 11.9. The normalized spacial score (nSPS) is 24.0. The fourth-order valence-corrected chi connectivity index (χ4v) is 5.42. The Bertz CT molecular complexity index is 1220. The molecule has 3 aliphatic heterocycles. The van der Waals surface area contributed by atoms with Crippen molar-refractivity contribution in [1.82, 2.24) is 9.80 Å². The number of benzene rings is 2. The minimum atomic E-state index is -1.74. The summed E-state index contributed by atoms with van der Waals surface area (Å²) in [6.45, 7) is 5.40. The number of amides is 2. The maximum atomic E-state index is 14.2. The quantitative estimate of drug-likeness (QED) is 0.389. The van der Waals surface area contributed by atoms with Gasteiger partial charge in [0.25, 0.3) is 17.6 Å². The Morgan fingerprint density at radius 1 is 1.03 bits per heavy atom. The first kappa shape index (κ1) is 23.5. The third kappa shape index (κ3) is 3.55. The number of likely N-dealkylation sites (tertiary alicyclic amines) is 1. The fraction of sp³-hybridized carbons (Fsp3) is 0.346. The summed E-state index contributed by atoms with van der Waals surface area (Å²) in [7, 11) is 0. The van der Waals surface area contributed by atoms with Crippen LogP contribution in [-0.4, -0.2) is 78.4 Å². The zero-order chi connectivity index (χ0) is 24.7. The molecule has 1 N–H and O–H groups in total. The first-order valence-corrected chi connectivity index (χ1v) is 12.1. The molecule has 1 atom stereocenters. The molecule has 0 aromatic heterocycles. The van der Waals surface area contributed by atoms with Crippen molar-refractivity contribution in [2.24, 2.45) is 0 Å². The van der Waals surface area contributed by atoms with Gasteiger partial charge in [0.15, 0.2) is 5.54 Å². The second-order valence-electron chi connectivity index (χ2n) is 8.75. The zero-order valence-electron chi connectivity index (χ0n) is 19.4. The molecule has 2 amide bonds. The van der Waals surface area contributed by atoms with E-state index in [0.717, 1.165) is 0 Å². The number of halogens is 1. The molecule has 0 saturated carbocycles. The number of hydrogen-bond donors (Lipinski definition) is 1. The Hall–Kier alpha value is -3.20. The molecule has 2 aromatic rings. The van der Waals surface area contributed by atoms with Gasteiger partial charge in [-0.1, -0.05) is 29.8 Å². The van der Waals surface area contributed by atoms with E-state index in [1.165, 1.54) is 4.90 Å². The minimum absolute atomic E-state index is 0.152. The average molecular weight is 496 g/mol. The smallest absolute Gasteiger partial charge is 0.296 e. The summed E-state index contributed by atoms with van der Waals surface area (Å²) < 4.78 is 5.41. The second kappa shape index (κ2) is 9.11. The zero-order valence-corrected chi connectivity index (χ0v) is 20.1. The average Bonchev–Trinajstić information content (AvgIpc) is 3.26. The predicted molar refractivity (Wildman–Crippen MR) is 131 cm³/mol. The monoisotopic (exact) mass is 495 g/mol. The standard InChI is InChI=1S/C26H26ClN3O5/c1-2-29-20-6-4-3-5-19(20)26(25(29)34)21(22(31)17-7-9-18(27)10-8-17)23(32)24(33)30(26)12-11-28-13-15-35-16-14-28/h3-10,31H,2,11-16H2,1H3/b22-21+. The van der Waals surface area contributed by atoms with Crippen molar-refractivity contribution in [3.05, 3.63) is 70.3 Å². The molecule has 1 spiro atoms. The summed E-state index contributed by atoms with van der Waals surface area (Å²) in [6.07, 6.45) is 0. The van der Waals surface area contributed by atoms with Gasteiger partial charge in [0.2, 0.25) is 0 Å². The predicted octanol–water partition coefficient (Wildman–Crippen LogP) is 2.61. The largest absolute Gasteiger partial charge is 0.507 e. The van der Waals surface area contributed by atoms with Crippen LogP contribution >= 0.6 is 11.6 Å². The van der Waals surface area contributed by atoms with Gasteiger partial charge in [0, 0.05) is 48.9 Å². The highest BCUT2D eigenvalue weighted by Gasteiger charge is 2.66. The molecule has 0 radical (unpaired) electrons. The summed E-state index contributed by atoms with van der Waals surface area (Å²) >= 11 is 6.01. The van der Waals surface area contributed by atoms with Gasteiger partial charge in [-0.05, 0) is 37.3 Å². The lowest BCUT2D eigenvalue weighted by Crippen LogP contribution is -2.54. The summed E-state index contributed by atoms with van der Waals surface area (Å²) in [6, 6.07) is 13.4. The molecule has 2 fully saturated rings.